The second-order valence-electron chi connectivity index (χ2n) is 7.50. The summed E-state index contributed by atoms with van der Waals surface area (Å²) in [6.07, 6.45) is 0.315. The monoisotopic (exact) mass is 424 g/mol. The van der Waals surface area contributed by atoms with E-state index in [0.29, 0.717) is 43.1 Å². The Morgan fingerprint density at radius 2 is 1.90 bits per heavy atom. The highest BCUT2D eigenvalue weighted by molar-refractivity contribution is 6.01. The smallest absolute Gasteiger partial charge is 0.268 e. The molecule has 1 unspecified atom stereocenters. The van der Waals surface area contributed by atoms with E-state index >= 15 is 0 Å². The zero-order valence-electron chi connectivity index (χ0n) is 18.1. The summed E-state index contributed by atoms with van der Waals surface area (Å²) in [5, 5.41) is 2.88. The van der Waals surface area contributed by atoms with Crippen LogP contribution in [0.15, 0.2) is 54.6 Å². The lowest BCUT2D eigenvalue weighted by molar-refractivity contribution is -0.125. The number of carbonyl (C=O) groups is 2. The summed E-state index contributed by atoms with van der Waals surface area (Å²) in [4.78, 5) is 26.4. The van der Waals surface area contributed by atoms with Gasteiger partial charge >= 0.3 is 0 Å². The summed E-state index contributed by atoms with van der Waals surface area (Å²) in [5.74, 6) is 1.84. The number of rotatable bonds is 9. The van der Waals surface area contributed by atoms with Crippen LogP contribution in [0.3, 0.4) is 0 Å². The van der Waals surface area contributed by atoms with Crippen molar-refractivity contribution in [3.63, 3.8) is 0 Å². The number of anilines is 2. The molecule has 1 aliphatic rings. The molecule has 0 saturated carbocycles. The van der Waals surface area contributed by atoms with Crippen molar-refractivity contribution in [2.24, 2.45) is 0 Å². The van der Waals surface area contributed by atoms with Gasteiger partial charge in [0, 0.05) is 24.7 Å². The molecule has 0 bridgehead atoms. The molecule has 31 heavy (non-hydrogen) atoms. The predicted molar refractivity (Wildman–Crippen MR) is 120 cm³/mol. The summed E-state index contributed by atoms with van der Waals surface area (Å²) in [5.41, 5.74) is 2.18. The van der Waals surface area contributed by atoms with Crippen molar-refractivity contribution in [2.75, 3.05) is 30.5 Å². The van der Waals surface area contributed by atoms with Gasteiger partial charge in [-0.2, -0.15) is 0 Å². The lowest BCUT2D eigenvalue weighted by Crippen LogP contribution is -2.45. The van der Waals surface area contributed by atoms with E-state index in [0.717, 1.165) is 17.1 Å². The SMILES string of the molecule is C=C(C)CN1C(=O)C(C)Oc2cc(NC(=O)CCCOc3ccc(OC)cc3)ccc21. The van der Waals surface area contributed by atoms with E-state index in [1.807, 2.05) is 31.2 Å². The van der Waals surface area contributed by atoms with Gasteiger partial charge in [0.1, 0.15) is 17.2 Å². The lowest BCUT2D eigenvalue weighted by atomic mass is 10.1. The van der Waals surface area contributed by atoms with Crippen molar-refractivity contribution < 1.29 is 23.8 Å². The number of methoxy groups -OCH3 is 1. The van der Waals surface area contributed by atoms with E-state index in [-0.39, 0.29) is 11.8 Å². The molecule has 1 aliphatic heterocycles. The van der Waals surface area contributed by atoms with E-state index in [9.17, 15) is 9.59 Å². The molecule has 1 N–H and O–H groups in total. The largest absolute Gasteiger partial charge is 0.497 e. The second kappa shape index (κ2) is 10.0. The molecule has 0 spiro atoms. The van der Waals surface area contributed by atoms with Gasteiger partial charge in [0.15, 0.2) is 6.10 Å². The van der Waals surface area contributed by atoms with E-state index < -0.39 is 6.10 Å². The molecule has 2 aromatic carbocycles. The summed E-state index contributed by atoms with van der Waals surface area (Å²) in [6.45, 7) is 8.34. The number of nitrogens with zero attached hydrogens (tertiary/aromatic N) is 1. The van der Waals surface area contributed by atoms with Crippen molar-refractivity contribution in [3.8, 4) is 17.2 Å². The molecule has 2 amide bonds. The highest BCUT2D eigenvalue weighted by atomic mass is 16.5. The van der Waals surface area contributed by atoms with Crippen LogP contribution in [0.2, 0.25) is 0 Å². The molecule has 0 saturated heterocycles. The molecular formula is C24H28N2O5. The first-order chi connectivity index (χ1) is 14.9. The van der Waals surface area contributed by atoms with E-state index in [2.05, 4.69) is 11.9 Å². The Hall–Kier alpha value is -3.48. The van der Waals surface area contributed by atoms with Crippen LogP contribution in [0.5, 0.6) is 17.2 Å². The van der Waals surface area contributed by atoms with Gasteiger partial charge in [0.2, 0.25) is 5.91 Å². The third-order valence-electron chi connectivity index (χ3n) is 4.76. The average Bonchev–Trinajstić information content (AvgIpc) is 2.74. The quantitative estimate of drug-likeness (QED) is 0.483. The number of hydrogen-bond donors (Lipinski definition) is 1. The maximum Gasteiger partial charge on any atom is 0.268 e. The number of hydrogen-bond acceptors (Lipinski definition) is 5. The first-order valence-corrected chi connectivity index (χ1v) is 10.2. The zero-order chi connectivity index (χ0) is 22.4. The highest BCUT2D eigenvalue weighted by Gasteiger charge is 2.31. The maximum absolute atomic E-state index is 12.4. The van der Waals surface area contributed by atoms with Crippen molar-refractivity contribution in [1.29, 1.82) is 0 Å². The molecule has 7 heteroatoms. The van der Waals surface area contributed by atoms with Crippen LogP contribution in [0.1, 0.15) is 26.7 Å². The van der Waals surface area contributed by atoms with Crippen LogP contribution >= 0.6 is 0 Å². The number of ether oxygens (including phenoxy) is 3. The number of benzene rings is 2. The summed E-state index contributed by atoms with van der Waals surface area (Å²) in [7, 11) is 1.61. The molecule has 0 aliphatic carbocycles. The average molecular weight is 424 g/mol. The van der Waals surface area contributed by atoms with Gasteiger partial charge < -0.3 is 24.4 Å². The van der Waals surface area contributed by atoms with Gasteiger partial charge in [-0.15, -0.1) is 0 Å². The Morgan fingerprint density at radius 3 is 2.58 bits per heavy atom. The first kappa shape index (κ1) is 22.2. The molecule has 3 rings (SSSR count). The van der Waals surface area contributed by atoms with Gasteiger partial charge in [0.05, 0.1) is 19.4 Å². The van der Waals surface area contributed by atoms with Gasteiger partial charge in [0.25, 0.3) is 5.91 Å². The molecule has 0 aromatic heterocycles. The minimum atomic E-state index is -0.590. The second-order valence-corrected chi connectivity index (χ2v) is 7.50. The predicted octanol–water partition coefficient (Wildman–Crippen LogP) is 4.18. The van der Waals surface area contributed by atoms with E-state index in [1.54, 1.807) is 37.1 Å². The van der Waals surface area contributed by atoms with Gasteiger partial charge in [-0.1, -0.05) is 12.2 Å². The highest BCUT2D eigenvalue weighted by Crippen LogP contribution is 2.36. The Bertz CT molecular complexity index is 955. The Labute approximate surface area is 182 Å². The Morgan fingerprint density at radius 1 is 1.19 bits per heavy atom. The fraction of sp³-hybridized carbons (Fsp3) is 0.333. The Kier molecular flexibility index (Phi) is 7.18. The van der Waals surface area contributed by atoms with Crippen molar-refractivity contribution >= 4 is 23.2 Å². The third kappa shape index (κ3) is 5.78. The van der Waals surface area contributed by atoms with Crippen LogP contribution in [0.25, 0.3) is 0 Å². The molecule has 0 radical (unpaired) electrons. The lowest BCUT2D eigenvalue weighted by Gasteiger charge is -2.33. The van der Waals surface area contributed by atoms with Gasteiger partial charge in [-0.25, -0.2) is 0 Å². The van der Waals surface area contributed by atoms with Crippen LogP contribution in [-0.4, -0.2) is 38.2 Å². The van der Waals surface area contributed by atoms with Crippen molar-refractivity contribution in [3.05, 3.63) is 54.6 Å². The van der Waals surface area contributed by atoms with E-state index in [4.69, 9.17) is 14.2 Å². The summed E-state index contributed by atoms with van der Waals surface area (Å²) in [6, 6.07) is 12.6. The Balaban J connectivity index is 1.53. The molecule has 1 heterocycles. The fourth-order valence-corrected chi connectivity index (χ4v) is 3.24. The zero-order valence-corrected chi connectivity index (χ0v) is 18.1. The molecule has 1 atom stereocenters. The van der Waals surface area contributed by atoms with E-state index in [1.165, 1.54) is 0 Å². The molecule has 7 nitrogen and oxygen atoms in total. The van der Waals surface area contributed by atoms with Gasteiger partial charge in [-0.3, -0.25) is 9.59 Å². The van der Waals surface area contributed by atoms with Crippen LogP contribution < -0.4 is 24.4 Å². The molecular weight excluding hydrogens is 396 g/mol. The standard InChI is InChI=1S/C24H28N2O5/c1-16(2)15-26-21-12-7-18(14-22(21)31-17(3)24(26)28)25-23(27)6-5-13-30-20-10-8-19(29-4)9-11-20/h7-12,14,17H,1,5-6,13,15H2,2-4H3,(H,25,27). The fourth-order valence-electron chi connectivity index (χ4n) is 3.24. The van der Waals surface area contributed by atoms with Crippen molar-refractivity contribution in [1.82, 2.24) is 0 Å². The van der Waals surface area contributed by atoms with Crippen LogP contribution in [0, 0.1) is 0 Å². The maximum atomic E-state index is 12.4. The minimum Gasteiger partial charge on any atom is -0.497 e. The number of amides is 2. The topological polar surface area (TPSA) is 77.1 Å². The summed E-state index contributed by atoms with van der Waals surface area (Å²) >= 11 is 0. The minimum absolute atomic E-state index is 0.107. The molecule has 0 fully saturated rings. The third-order valence-corrected chi connectivity index (χ3v) is 4.76. The van der Waals surface area contributed by atoms with Crippen molar-refractivity contribution in [2.45, 2.75) is 32.8 Å². The number of fused-ring (bicyclic) bond motifs is 1. The molecule has 2 aromatic rings. The van der Waals surface area contributed by atoms with Crippen LogP contribution in [0.4, 0.5) is 11.4 Å². The first-order valence-electron chi connectivity index (χ1n) is 10.2. The van der Waals surface area contributed by atoms with Crippen LogP contribution in [-0.2, 0) is 9.59 Å². The molecule has 164 valence electrons. The normalized spacial score (nSPS) is 15.0. The van der Waals surface area contributed by atoms with Gasteiger partial charge in [-0.05, 0) is 56.7 Å². The number of nitrogens with one attached hydrogen (secondary N) is 1. The number of carbonyl (C=O) groups excluding carboxylic acids is 2. The summed E-state index contributed by atoms with van der Waals surface area (Å²) < 4.78 is 16.5.